The van der Waals surface area contributed by atoms with Gasteiger partial charge in [0.15, 0.2) is 0 Å². The van der Waals surface area contributed by atoms with Crippen molar-refractivity contribution in [1.29, 1.82) is 0 Å². The molecule has 132 valence electrons. The summed E-state index contributed by atoms with van der Waals surface area (Å²) in [5, 5.41) is 0. The maximum absolute atomic E-state index is 12.9. The number of rotatable bonds is 5. The average molecular weight is 329 g/mol. The van der Waals surface area contributed by atoms with Crippen molar-refractivity contribution in [2.24, 2.45) is 5.92 Å². The number of amides is 1. The molecular formula is C21H31NO2. The molecule has 1 aliphatic heterocycles. The third-order valence-electron chi connectivity index (χ3n) is 5.81. The van der Waals surface area contributed by atoms with Crippen molar-refractivity contribution in [3.05, 3.63) is 29.8 Å². The number of hydrogen-bond acceptors (Lipinski definition) is 2. The molecule has 2 aliphatic rings. The molecule has 0 N–H and O–H groups in total. The molecule has 1 aromatic rings. The van der Waals surface area contributed by atoms with E-state index in [4.69, 9.17) is 4.74 Å². The predicted molar refractivity (Wildman–Crippen MR) is 97.1 cm³/mol. The van der Waals surface area contributed by atoms with Crippen LogP contribution in [0.4, 0.5) is 0 Å². The van der Waals surface area contributed by atoms with E-state index in [0.717, 1.165) is 43.9 Å². The van der Waals surface area contributed by atoms with Crippen molar-refractivity contribution in [2.45, 2.75) is 70.3 Å². The molecule has 1 amide bonds. The topological polar surface area (TPSA) is 29.5 Å². The van der Waals surface area contributed by atoms with E-state index in [1.807, 2.05) is 12.1 Å². The molecule has 0 aromatic heterocycles. The number of benzene rings is 1. The van der Waals surface area contributed by atoms with Gasteiger partial charge in [-0.25, -0.2) is 0 Å². The van der Waals surface area contributed by atoms with E-state index >= 15 is 0 Å². The Balaban J connectivity index is 1.67. The van der Waals surface area contributed by atoms with Crippen molar-refractivity contribution in [3.63, 3.8) is 0 Å². The van der Waals surface area contributed by atoms with E-state index < -0.39 is 0 Å². The number of methoxy groups -OCH3 is 1. The predicted octanol–water partition coefficient (Wildman–Crippen LogP) is 5.11. The average Bonchev–Trinajstić information content (AvgIpc) is 3.02. The second-order valence-corrected chi connectivity index (χ2v) is 7.41. The van der Waals surface area contributed by atoms with Gasteiger partial charge in [-0.3, -0.25) is 4.79 Å². The first kappa shape index (κ1) is 17.3. The van der Waals surface area contributed by atoms with E-state index in [-0.39, 0.29) is 6.04 Å². The van der Waals surface area contributed by atoms with Crippen molar-refractivity contribution < 1.29 is 9.53 Å². The van der Waals surface area contributed by atoms with Crippen LogP contribution >= 0.6 is 0 Å². The first-order chi connectivity index (χ1) is 11.8. The number of ether oxygens (including phenoxy) is 1. The van der Waals surface area contributed by atoms with Crippen LogP contribution in [-0.2, 0) is 4.79 Å². The zero-order chi connectivity index (χ0) is 16.8. The minimum absolute atomic E-state index is 0.245. The Labute approximate surface area is 146 Å². The molecule has 1 aliphatic carbocycles. The Morgan fingerprint density at radius 3 is 2.46 bits per heavy atom. The molecule has 24 heavy (non-hydrogen) atoms. The molecule has 0 bridgehead atoms. The molecule has 1 saturated carbocycles. The van der Waals surface area contributed by atoms with Gasteiger partial charge < -0.3 is 9.64 Å². The summed E-state index contributed by atoms with van der Waals surface area (Å²) in [4.78, 5) is 15.1. The van der Waals surface area contributed by atoms with Gasteiger partial charge in [0.2, 0.25) is 5.91 Å². The van der Waals surface area contributed by atoms with Crippen LogP contribution in [0.5, 0.6) is 5.75 Å². The normalized spacial score (nSPS) is 22.4. The van der Waals surface area contributed by atoms with E-state index in [1.54, 1.807) is 7.11 Å². The summed E-state index contributed by atoms with van der Waals surface area (Å²) < 4.78 is 5.27. The smallest absolute Gasteiger partial charge is 0.223 e. The minimum Gasteiger partial charge on any atom is -0.497 e. The Bertz CT molecular complexity index is 519. The molecule has 1 unspecified atom stereocenters. The number of hydrogen-bond donors (Lipinski definition) is 0. The highest BCUT2D eigenvalue weighted by atomic mass is 16.5. The molecule has 1 saturated heterocycles. The first-order valence-electron chi connectivity index (χ1n) is 9.71. The van der Waals surface area contributed by atoms with E-state index in [2.05, 4.69) is 17.0 Å². The van der Waals surface area contributed by atoms with Gasteiger partial charge in [0.1, 0.15) is 5.75 Å². The molecule has 3 nitrogen and oxygen atoms in total. The summed E-state index contributed by atoms with van der Waals surface area (Å²) in [6.07, 6.45) is 11.9. The summed E-state index contributed by atoms with van der Waals surface area (Å²) in [5.74, 6) is 2.04. The zero-order valence-electron chi connectivity index (χ0n) is 15.0. The van der Waals surface area contributed by atoms with Crippen LogP contribution in [0.15, 0.2) is 24.3 Å². The second-order valence-electron chi connectivity index (χ2n) is 7.41. The quantitative estimate of drug-likeness (QED) is 0.751. The SMILES string of the molecule is COc1ccc(C2CCCCCN2C(=O)CCC2CCCC2)cc1. The Hall–Kier alpha value is -1.51. The summed E-state index contributed by atoms with van der Waals surface area (Å²) in [6, 6.07) is 8.54. The minimum atomic E-state index is 0.245. The third-order valence-corrected chi connectivity index (χ3v) is 5.81. The van der Waals surface area contributed by atoms with E-state index in [0.29, 0.717) is 5.91 Å². The van der Waals surface area contributed by atoms with Gasteiger partial charge in [-0.1, -0.05) is 50.7 Å². The van der Waals surface area contributed by atoms with Crippen LogP contribution in [0.25, 0.3) is 0 Å². The second kappa shape index (κ2) is 8.55. The van der Waals surface area contributed by atoms with Gasteiger partial charge in [-0.05, 0) is 42.9 Å². The molecule has 3 heteroatoms. The van der Waals surface area contributed by atoms with Crippen LogP contribution in [-0.4, -0.2) is 24.5 Å². The van der Waals surface area contributed by atoms with Crippen molar-refractivity contribution >= 4 is 5.91 Å². The zero-order valence-corrected chi connectivity index (χ0v) is 15.0. The van der Waals surface area contributed by atoms with Crippen molar-refractivity contribution in [2.75, 3.05) is 13.7 Å². The highest BCUT2D eigenvalue weighted by molar-refractivity contribution is 5.76. The van der Waals surface area contributed by atoms with Crippen LogP contribution in [0.1, 0.15) is 75.8 Å². The van der Waals surface area contributed by atoms with Crippen LogP contribution in [0.2, 0.25) is 0 Å². The lowest BCUT2D eigenvalue weighted by Gasteiger charge is -2.31. The lowest BCUT2D eigenvalue weighted by atomic mass is 9.98. The number of carbonyl (C=O) groups excluding carboxylic acids is 1. The van der Waals surface area contributed by atoms with Crippen molar-refractivity contribution in [3.8, 4) is 5.75 Å². The van der Waals surface area contributed by atoms with E-state index in [1.165, 1.54) is 44.1 Å². The van der Waals surface area contributed by atoms with Gasteiger partial charge in [0.05, 0.1) is 13.2 Å². The largest absolute Gasteiger partial charge is 0.497 e. The molecule has 0 radical (unpaired) electrons. The lowest BCUT2D eigenvalue weighted by Crippen LogP contribution is -2.34. The summed E-state index contributed by atoms with van der Waals surface area (Å²) >= 11 is 0. The number of likely N-dealkylation sites (tertiary alicyclic amines) is 1. The Morgan fingerprint density at radius 2 is 1.75 bits per heavy atom. The summed E-state index contributed by atoms with van der Waals surface area (Å²) in [7, 11) is 1.69. The van der Waals surface area contributed by atoms with Gasteiger partial charge in [-0.15, -0.1) is 0 Å². The van der Waals surface area contributed by atoms with Gasteiger partial charge in [-0.2, -0.15) is 0 Å². The monoisotopic (exact) mass is 329 g/mol. The fourth-order valence-electron chi connectivity index (χ4n) is 4.35. The van der Waals surface area contributed by atoms with Crippen LogP contribution < -0.4 is 4.74 Å². The van der Waals surface area contributed by atoms with Crippen molar-refractivity contribution in [1.82, 2.24) is 4.90 Å². The Kier molecular flexibility index (Phi) is 6.17. The third kappa shape index (κ3) is 4.31. The molecule has 0 spiro atoms. The fraction of sp³-hybridized carbons (Fsp3) is 0.667. The summed E-state index contributed by atoms with van der Waals surface area (Å²) in [6.45, 7) is 0.917. The highest BCUT2D eigenvalue weighted by Crippen LogP contribution is 2.33. The van der Waals surface area contributed by atoms with Crippen LogP contribution in [0, 0.1) is 5.92 Å². The lowest BCUT2D eigenvalue weighted by molar-refractivity contribution is -0.134. The summed E-state index contributed by atoms with van der Waals surface area (Å²) in [5.41, 5.74) is 1.26. The standard InChI is InChI=1S/C21H31NO2/c1-24-19-13-11-18(12-14-19)20-9-3-2-6-16-22(20)21(23)15-10-17-7-4-5-8-17/h11-14,17,20H,2-10,15-16H2,1H3. The first-order valence-corrected chi connectivity index (χ1v) is 9.71. The van der Waals surface area contributed by atoms with Gasteiger partial charge >= 0.3 is 0 Å². The van der Waals surface area contributed by atoms with Gasteiger partial charge in [0.25, 0.3) is 0 Å². The van der Waals surface area contributed by atoms with E-state index in [9.17, 15) is 4.79 Å². The molecule has 2 fully saturated rings. The van der Waals surface area contributed by atoms with Crippen LogP contribution in [0.3, 0.4) is 0 Å². The molecule has 3 rings (SSSR count). The molecule has 1 atom stereocenters. The number of carbonyl (C=O) groups is 1. The maximum atomic E-state index is 12.9. The van der Waals surface area contributed by atoms with Gasteiger partial charge in [0, 0.05) is 13.0 Å². The molecule has 1 aromatic carbocycles. The number of nitrogens with zero attached hydrogens (tertiary/aromatic N) is 1. The Morgan fingerprint density at radius 1 is 1.04 bits per heavy atom. The molecule has 1 heterocycles. The maximum Gasteiger partial charge on any atom is 0.223 e. The molecular weight excluding hydrogens is 298 g/mol. The fourth-order valence-corrected chi connectivity index (χ4v) is 4.35. The highest BCUT2D eigenvalue weighted by Gasteiger charge is 2.27.